The van der Waals surface area contributed by atoms with E-state index in [1.54, 1.807) is 0 Å². The van der Waals surface area contributed by atoms with E-state index in [1.807, 2.05) is 108 Å². The molecule has 46 heavy (non-hydrogen) atoms. The van der Waals surface area contributed by atoms with Gasteiger partial charge < -0.3 is 0 Å². The van der Waals surface area contributed by atoms with Crippen LogP contribution < -0.4 is 0 Å². The first kappa shape index (κ1) is 19.4. The number of fused-ring (bicyclic) bond motifs is 4. The zero-order valence-electron chi connectivity index (χ0n) is 32.0. The molecule has 0 aliphatic heterocycles. The van der Waals surface area contributed by atoms with Crippen molar-refractivity contribution in [3.8, 4) is 50.4 Å². The van der Waals surface area contributed by atoms with Gasteiger partial charge in [0.1, 0.15) is 5.01 Å². The summed E-state index contributed by atoms with van der Waals surface area (Å²) in [5.41, 5.74) is 4.44. The van der Waals surface area contributed by atoms with Gasteiger partial charge >= 0.3 is 0 Å². The van der Waals surface area contributed by atoms with E-state index in [9.17, 15) is 0 Å². The lowest BCUT2D eigenvalue weighted by molar-refractivity contribution is 0.954. The number of benzene rings is 6. The van der Waals surface area contributed by atoms with E-state index in [2.05, 4.69) is 0 Å². The first-order chi connectivity index (χ1) is 26.1. The summed E-state index contributed by atoms with van der Waals surface area (Å²) in [5.74, 6) is 0.589. The number of rotatable bonds is 5. The van der Waals surface area contributed by atoms with Crippen LogP contribution in [0.3, 0.4) is 0 Å². The van der Waals surface area contributed by atoms with Gasteiger partial charge in [-0.1, -0.05) is 127 Å². The SMILES string of the molecule is [2H]c1c([2H])c([2H])c(-c2nc3c(-c4nc(-c5ccc(-c6ccccc6)cc5)nc(-n5c6ccccc6c6ccccc65)n4)c([2H])c([2H])c([2H])c3s2)c([2H])c1[2H]. The quantitative estimate of drug-likeness (QED) is 0.193. The van der Waals surface area contributed by atoms with Crippen LogP contribution >= 0.6 is 11.3 Å². The second-order valence-corrected chi connectivity index (χ2v) is 11.5. The minimum absolute atomic E-state index is 0.0328. The van der Waals surface area contributed by atoms with Crippen molar-refractivity contribution < 1.29 is 11.0 Å². The molecule has 0 radical (unpaired) electrons. The molecule has 216 valence electrons. The maximum atomic E-state index is 9.15. The van der Waals surface area contributed by atoms with Crippen molar-refractivity contribution in [2.75, 3.05) is 0 Å². The molecule has 9 rings (SSSR count). The van der Waals surface area contributed by atoms with Crippen molar-refractivity contribution in [1.29, 1.82) is 0 Å². The van der Waals surface area contributed by atoms with Crippen LogP contribution in [-0.2, 0) is 0 Å². The first-order valence-corrected chi connectivity index (χ1v) is 15.3. The molecule has 0 atom stereocenters. The van der Waals surface area contributed by atoms with E-state index >= 15 is 0 Å². The van der Waals surface area contributed by atoms with E-state index in [4.69, 9.17) is 30.9 Å². The van der Waals surface area contributed by atoms with Crippen molar-refractivity contribution in [3.05, 3.63) is 151 Å². The van der Waals surface area contributed by atoms with Crippen molar-refractivity contribution >= 4 is 43.4 Å². The summed E-state index contributed by atoms with van der Waals surface area (Å²) in [6, 6.07) is 30.1. The summed E-state index contributed by atoms with van der Waals surface area (Å²) in [6.07, 6.45) is 0. The highest BCUT2D eigenvalue weighted by Crippen LogP contribution is 2.37. The summed E-state index contributed by atoms with van der Waals surface area (Å²) >= 11 is 0.920. The molecule has 0 aliphatic rings. The molecule has 0 fully saturated rings. The highest BCUT2D eigenvalue weighted by Gasteiger charge is 2.20. The predicted octanol–water partition coefficient (Wildman–Crippen LogP) is 10.2. The monoisotopic (exact) mass is 615 g/mol. The maximum absolute atomic E-state index is 9.15. The predicted molar refractivity (Wildman–Crippen MR) is 189 cm³/mol. The van der Waals surface area contributed by atoms with Crippen LogP contribution in [-0.4, -0.2) is 24.5 Å². The Morgan fingerprint density at radius 2 is 1.13 bits per heavy atom. The molecule has 0 amide bonds. The average molecular weight is 616 g/mol. The summed E-state index contributed by atoms with van der Waals surface area (Å²) < 4.78 is 70.5. The molecule has 5 nitrogen and oxygen atoms in total. The Hall–Kier alpha value is -5.98. The van der Waals surface area contributed by atoms with Gasteiger partial charge in [-0.2, -0.15) is 9.97 Å². The zero-order chi connectivity index (χ0) is 37.4. The van der Waals surface area contributed by atoms with E-state index in [0.29, 0.717) is 11.4 Å². The lowest BCUT2D eigenvalue weighted by Crippen LogP contribution is -2.06. The molecule has 9 aromatic rings. The highest BCUT2D eigenvalue weighted by atomic mass is 32.1. The van der Waals surface area contributed by atoms with E-state index in [0.717, 1.165) is 44.3 Å². The van der Waals surface area contributed by atoms with Gasteiger partial charge in [0.25, 0.3) is 0 Å². The number of hydrogen-bond acceptors (Lipinski definition) is 5. The van der Waals surface area contributed by atoms with Crippen molar-refractivity contribution in [1.82, 2.24) is 24.5 Å². The van der Waals surface area contributed by atoms with Crippen LogP contribution in [0.1, 0.15) is 11.0 Å². The van der Waals surface area contributed by atoms with Gasteiger partial charge in [0.05, 0.1) is 32.2 Å². The third-order valence-electron chi connectivity index (χ3n) is 7.82. The van der Waals surface area contributed by atoms with Crippen LogP contribution in [0.25, 0.3) is 82.4 Å². The minimum atomic E-state index is -0.536. The number of aromatic nitrogens is 5. The molecular formula is C40H25N5S. The van der Waals surface area contributed by atoms with Gasteiger partial charge in [-0.3, -0.25) is 4.57 Å². The van der Waals surface area contributed by atoms with E-state index < -0.39 is 30.2 Å². The van der Waals surface area contributed by atoms with Gasteiger partial charge in [0, 0.05) is 27.5 Å². The number of nitrogens with zero attached hydrogens (tertiary/aromatic N) is 5. The van der Waals surface area contributed by atoms with Gasteiger partial charge in [-0.05, 0) is 35.3 Å². The second kappa shape index (κ2) is 10.9. The van der Waals surface area contributed by atoms with Gasteiger partial charge in [0.15, 0.2) is 11.6 Å². The fourth-order valence-electron chi connectivity index (χ4n) is 5.70. The molecule has 0 spiro atoms. The summed E-state index contributed by atoms with van der Waals surface area (Å²) in [5, 5.41) is 2.03. The van der Waals surface area contributed by atoms with Gasteiger partial charge in [-0.25, -0.2) is 9.97 Å². The molecule has 0 bridgehead atoms. The second-order valence-electron chi connectivity index (χ2n) is 10.5. The molecule has 0 aliphatic carbocycles. The number of hydrogen-bond donors (Lipinski definition) is 0. The Balaban J connectivity index is 1.33. The zero-order valence-corrected chi connectivity index (χ0v) is 24.8. The average Bonchev–Trinajstić information content (AvgIpc) is 3.79. The highest BCUT2D eigenvalue weighted by molar-refractivity contribution is 7.21. The third kappa shape index (κ3) is 4.47. The molecule has 0 saturated heterocycles. The van der Waals surface area contributed by atoms with E-state index in [1.165, 1.54) is 0 Å². The Labute approximate surface area is 280 Å². The molecule has 6 aromatic carbocycles. The van der Waals surface area contributed by atoms with Crippen LogP contribution in [0.4, 0.5) is 0 Å². The summed E-state index contributed by atoms with van der Waals surface area (Å²) in [4.78, 5) is 19.6. The Morgan fingerprint density at radius 1 is 0.500 bits per heavy atom. The van der Waals surface area contributed by atoms with Crippen LogP contribution in [0, 0.1) is 0 Å². The molecule has 3 heterocycles. The van der Waals surface area contributed by atoms with Crippen LogP contribution in [0.15, 0.2) is 151 Å². The van der Waals surface area contributed by atoms with Crippen LogP contribution in [0.5, 0.6) is 0 Å². The molecule has 3 aromatic heterocycles. The standard InChI is InChI=1S/C40H25N5S/c1-3-12-26(13-4-1)27-22-24-28(25-23-27)37-42-38(32-18-11-21-35-36(32)41-39(46-35)29-14-5-2-6-15-29)44-40(43-37)45-33-19-9-7-16-30(33)31-17-8-10-20-34(31)45/h1-25H/i2D,5D,6D,11D,14D,15D,18D,21D. The minimum Gasteiger partial charge on any atom is -0.278 e. The third-order valence-corrected chi connectivity index (χ3v) is 8.81. The summed E-state index contributed by atoms with van der Waals surface area (Å²) in [7, 11) is 0. The lowest BCUT2D eigenvalue weighted by Gasteiger charge is -2.11. The molecular weight excluding hydrogens is 583 g/mol. The molecule has 0 saturated carbocycles. The smallest absolute Gasteiger partial charge is 0.238 e. The maximum Gasteiger partial charge on any atom is 0.238 e. The van der Waals surface area contributed by atoms with Gasteiger partial charge in [0.2, 0.25) is 5.95 Å². The Morgan fingerprint density at radius 3 is 1.87 bits per heavy atom. The lowest BCUT2D eigenvalue weighted by atomic mass is 10.0. The topological polar surface area (TPSA) is 56.5 Å². The van der Waals surface area contributed by atoms with Crippen LogP contribution in [0.2, 0.25) is 0 Å². The molecule has 0 unspecified atom stereocenters. The fourth-order valence-corrected chi connectivity index (χ4v) is 6.58. The molecule has 0 N–H and O–H groups in total. The normalized spacial score (nSPS) is 13.9. The fraction of sp³-hybridized carbons (Fsp3) is 0. The van der Waals surface area contributed by atoms with E-state index in [-0.39, 0.29) is 56.3 Å². The first-order valence-electron chi connectivity index (χ1n) is 18.5. The van der Waals surface area contributed by atoms with Crippen molar-refractivity contribution in [2.24, 2.45) is 0 Å². The van der Waals surface area contributed by atoms with Crippen molar-refractivity contribution in [3.63, 3.8) is 0 Å². The van der Waals surface area contributed by atoms with Crippen molar-refractivity contribution in [2.45, 2.75) is 0 Å². The van der Waals surface area contributed by atoms with Gasteiger partial charge in [-0.15, -0.1) is 11.3 Å². The number of para-hydroxylation sites is 3. The molecule has 6 heteroatoms. The Bertz CT molecular complexity index is 2900. The number of thiazole rings is 1. The summed E-state index contributed by atoms with van der Waals surface area (Å²) in [6.45, 7) is 0. The largest absolute Gasteiger partial charge is 0.278 e. The Kier molecular flexibility index (Phi) is 4.59.